The topological polar surface area (TPSA) is 30.0 Å². The summed E-state index contributed by atoms with van der Waals surface area (Å²) in [5.74, 6) is 0.103. The summed E-state index contributed by atoms with van der Waals surface area (Å²) in [6.45, 7) is 7.60. The molecule has 0 radical (unpaired) electrons. The van der Waals surface area contributed by atoms with Crippen LogP contribution in [0.15, 0.2) is 30.5 Å². The van der Waals surface area contributed by atoms with E-state index >= 15 is 0 Å². The van der Waals surface area contributed by atoms with Crippen molar-refractivity contribution in [1.82, 2.24) is 4.98 Å². The molecule has 2 nitrogen and oxygen atoms in total. The molecule has 0 saturated carbocycles. The highest BCUT2D eigenvalue weighted by molar-refractivity contribution is 5.95. The molecular weight excluding hydrogens is 174 g/mol. The molecule has 0 bridgehead atoms. The molecule has 0 amide bonds. The zero-order valence-corrected chi connectivity index (χ0v) is 8.71. The average molecular weight is 189 g/mol. The zero-order chi connectivity index (χ0) is 10.6. The van der Waals surface area contributed by atoms with Gasteiger partial charge in [-0.25, -0.2) is 0 Å². The minimum absolute atomic E-state index is 0.103. The van der Waals surface area contributed by atoms with Crippen LogP contribution in [0.4, 0.5) is 0 Å². The van der Waals surface area contributed by atoms with Crippen LogP contribution in [0.1, 0.15) is 35.8 Å². The van der Waals surface area contributed by atoms with Gasteiger partial charge in [0.2, 0.25) is 0 Å². The number of nitrogens with zero attached hydrogens (tertiary/aromatic N) is 1. The van der Waals surface area contributed by atoms with E-state index in [0.29, 0.717) is 12.1 Å². The Bertz CT molecular complexity index is 355. The van der Waals surface area contributed by atoms with Crippen LogP contribution in [0.3, 0.4) is 0 Å². The number of allylic oxidation sites excluding steroid dienone is 1. The Kier molecular flexibility index (Phi) is 3.57. The number of ketones is 1. The first-order chi connectivity index (χ1) is 6.61. The number of hydrogen-bond donors (Lipinski definition) is 0. The van der Waals surface area contributed by atoms with E-state index in [-0.39, 0.29) is 5.78 Å². The zero-order valence-electron chi connectivity index (χ0n) is 8.71. The van der Waals surface area contributed by atoms with E-state index in [1.165, 1.54) is 0 Å². The maximum absolute atomic E-state index is 11.7. The lowest BCUT2D eigenvalue weighted by Crippen LogP contribution is -2.04. The van der Waals surface area contributed by atoms with Gasteiger partial charge in [0.15, 0.2) is 5.78 Å². The van der Waals surface area contributed by atoms with Gasteiger partial charge in [0, 0.05) is 12.6 Å². The third-order valence-corrected chi connectivity index (χ3v) is 2.05. The molecule has 74 valence electrons. The Morgan fingerprint density at radius 3 is 2.79 bits per heavy atom. The van der Waals surface area contributed by atoms with E-state index in [0.717, 1.165) is 17.6 Å². The van der Waals surface area contributed by atoms with E-state index < -0.39 is 0 Å². The van der Waals surface area contributed by atoms with Gasteiger partial charge in [-0.05, 0) is 31.9 Å². The van der Waals surface area contributed by atoms with Crippen molar-refractivity contribution in [3.8, 4) is 0 Å². The van der Waals surface area contributed by atoms with E-state index in [2.05, 4.69) is 11.6 Å². The van der Waals surface area contributed by atoms with Crippen molar-refractivity contribution < 1.29 is 4.79 Å². The summed E-state index contributed by atoms with van der Waals surface area (Å²) in [5.41, 5.74) is 2.57. The quantitative estimate of drug-likeness (QED) is 0.538. The second-order valence-electron chi connectivity index (χ2n) is 3.55. The molecule has 0 unspecified atom stereocenters. The van der Waals surface area contributed by atoms with Crippen LogP contribution in [0.2, 0.25) is 0 Å². The maximum Gasteiger partial charge on any atom is 0.181 e. The highest BCUT2D eigenvalue weighted by Gasteiger charge is 2.09. The molecule has 1 aromatic rings. The van der Waals surface area contributed by atoms with Gasteiger partial charge in [0.1, 0.15) is 5.69 Å². The minimum Gasteiger partial charge on any atom is -0.292 e. The van der Waals surface area contributed by atoms with Gasteiger partial charge in [-0.2, -0.15) is 0 Å². The number of carbonyl (C=O) groups is 1. The van der Waals surface area contributed by atoms with Crippen LogP contribution >= 0.6 is 0 Å². The fraction of sp³-hybridized carbons (Fsp3) is 0.333. The first kappa shape index (κ1) is 10.6. The molecule has 0 aliphatic heterocycles. The Labute approximate surface area is 84.7 Å². The molecule has 14 heavy (non-hydrogen) atoms. The van der Waals surface area contributed by atoms with Gasteiger partial charge in [-0.15, -0.1) is 6.58 Å². The van der Waals surface area contributed by atoms with E-state index in [1.54, 1.807) is 6.20 Å². The molecule has 0 N–H and O–H groups in total. The predicted octanol–water partition coefficient (Wildman–Crippen LogP) is 2.93. The highest BCUT2D eigenvalue weighted by atomic mass is 16.1. The third kappa shape index (κ3) is 2.80. The number of carbonyl (C=O) groups excluding carboxylic acids is 1. The van der Waals surface area contributed by atoms with E-state index in [4.69, 9.17) is 0 Å². The molecule has 0 fully saturated rings. The molecule has 2 heteroatoms. The number of pyridine rings is 1. The van der Waals surface area contributed by atoms with Crippen molar-refractivity contribution in [3.63, 3.8) is 0 Å². The van der Waals surface area contributed by atoms with Gasteiger partial charge in [0.05, 0.1) is 0 Å². The Morgan fingerprint density at radius 1 is 1.50 bits per heavy atom. The molecular formula is C12H15NO. The predicted molar refractivity (Wildman–Crippen MR) is 57.4 cm³/mol. The lowest BCUT2D eigenvalue weighted by molar-refractivity contribution is 0.0977. The number of aryl methyl sites for hydroxylation is 1. The molecule has 1 rings (SSSR count). The van der Waals surface area contributed by atoms with Gasteiger partial charge >= 0.3 is 0 Å². The van der Waals surface area contributed by atoms with Crippen molar-refractivity contribution in [3.05, 3.63) is 41.7 Å². The summed E-state index contributed by atoms with van der Waals surface area (Å²) in [6, 6.07) is 3.74. The number of hydrogen-bond acceptors (Lipinski definition) is 2. The Morgan fingerprint density at radius 2 is 2.21 bits per heavy atom. The normalized spacial score (nSPS) is 9.86. The average Bonchev–Trinajstić information content (AvgIpc) is 2.15. The highest BCUT2D eigenvalue weighted by Crippen LogP contribution is 2.10. The second kappa shape index (κ2) is 4.70. The molecule has 1 heterocycles. The summed E-state index contributed by atoms with van der Waals surface area (Å²) < 4.78 is 0. The summed E-state index contributed by atoms with van der Waals surface area (Å²) in [4.78, 5) is 15.7. The molecule has 0 aliphatic carbocycles. The standard InChI is InChI=1S/C12H15NO/c1-9(2)6-7-11(14)12-10(3)5-4-8-13-12/h4-5,8H,1,6-7H2,2-3H3. The van der Waals surface area contributed by atoms with Crippen molar-refractivity contribution in [2.75, 3.05) is 0 Å². The largest absolute Gasteiger partial charge is 0.292 e. The molecule has 0 spiro atoms. The Hall–Kier alpha value is -1.44. The SMILES string of the molecule is C=C(C)CCC(=O)c1ncccc1C. The number of aromatic nitrogens is 1. The fourth-order valence-electron chi connectivity index (χ4n) is 1.22. The van der Waals surface area contributed by atoms with Gasteiger partial charge in [0.25, 0.3) is 0 Å². The van der Waals surface area contributed by atoms with Crippen LogP contribution in [-0.2, 0) is 0 Å². The van der Waals surface area contributed by atoms with Crippen molar-refractivity contribution in [2.45, 2.75) is 26.7 Å². The minimum atomic E-state index is 0.103. The smallest absolute Gasteiger partial charge is 0.181 e. The van der Waals surface area contributed by atoms with Crippen LogP contribution < -0.4 is 0 Å². The fourth-order valence-corrected chi connectivity index (χ4v) is 1.22. The first-order valence-corrected chi connectivity index (χ1v) is 4.70. The monoisotopic (exact) mass is 189 g/mol. The van der Waals surface area contributed by atoms with Crippen LogP contribution in [0, 0.1) is 6.92 Å². The van der Waals surface area contributed by atoms with Gasteiger partial charge in [-0.3, -0.25) is 9.78 Å². The van der Waals surface area contributed by atoms with Gasteiger partial charge < -0.3 is 0 Å². The van der Waals surface area contributed by atoms with Gasteiger partial charge in [-0.1, -0.05) is 11.6 Å². The van der Waals surface area contributed by atoms with Crippen LogP contribution in [0.25, 0.3) is 0 Å². The van der Waals surface area contributed by atoms with Crippen LogP contribution in [-0.4, -0.2) is 10.8 Å². The van der Waals surface area contributed by atoms with Crippen molar-refractivity contribution in [2.24, 2.45) is 0 Å². The maximum atomic E-state index is 11.7. The van der Waals surface area contributed by atoms with E-state index in [9.17, 15) is 4.79 Å². The van der Waals surface area contributed by atoms with Crippen LogP contribution in [0.5, 0.6) is 0 Å². The lowest BCUT2D eigenvalue weighted by Gasteiger charge is -2.02. The molecule has 0 aliphatic rings. The summed E-state index contributed by atoms with van der Waals surface area (Å²) in [6.07, 6.45) is 2.91. The molecule has 0 saturated heterocycles. The Balaban J connectivity index is 2.70. The van der Waals surface area contributed by atoms with Crippen molar-refractivity contribution in [1.29, 1.82) is 0 Å². The molecule has 0 aromatic carbocycles. The molecule has 0 atom stereocenters. The third-order valence-electron chi connectivity index (χ3n) is 2.05. The summed E-state index contributed by atoms with van der Waals surface area (Å²) in [7, 11) is 0. The number of rotatable bonds is 4. The van der Waals surface area contributed by atoms with E-state index in [1.807, 2.05) is 26.0 Å². The first-order valence-electron chi connectivity index (χ1n) is 4.70. The lowest BCUT2D eigenvalue weighted by atomic mass is 10.1. The number of Topliss-reactive ketones (excluding diaryl/α,β-unsaturated/α-hetero) is 1. The molecule has 1 aromatic heterocycles. The summed E-state index contributed by atoms with van der Waals surface area (Å²) in [5, 5.41) is 0. The van der Waals surface area contributed by atoms with Crippen molar-refractivity contribution >= 4 is 5.78 Å². The summed E-state index contributed by atoms with van der Waals surface area (Å²) >= 11 is 0. The second-order valence-corrected chi connectivity index (χ2v) is 3.55.